The Labute approximate surface area is 94.7 Å². The van der Waals surface area contributed by atoms with Gasteiger partial charge < -0.3 is 9.84 Å². The summed E-state index contributed by atoms with van der Waals surface area (Å²) in [5, 5.41) is 10.9. The number of aliphatic hydroxyl groups is 1. The van der Waals surface area contributed by atoms with Gasteiger partial charge in [-0.3, -0.25) is 0 Å². The largest absolute Gasteiger partial charge is 0.481 e. The lowest BCUT2D eigenvalue weighted by Crippen LogP contribution is -1.91. The molecular formula is C13H15NO2. The van der Waals surface area contributed by atoms with E-state index >= 15 is 0 Å². The van der Waals surface area contributed by atoms with Gasteiger partial charge in [0.2, 0.25) is 5.88 Å². The van der Waals surface area contributed by atoms with Gasteiger partial charge in [-0.2, -0.15) is 0 Å². The molecule has 0 spiro atoms. The van der Waals surface area contributed by atoms with Crippen LogP contribution in [0.15, 0.2) is 30.5 Å². The van der Waals surface area contributed by atoms with Crippen molar-refractivity contribution in [2.24, 2.45) is 0 Å². The topological polar surface area (TPSA) is 42.4 Å². The maximum absolute atomic E-state index is 8.79. The monoisotopic (exact) mass is 217 g/mol. The molecule has 0 unspecified atom stereocenters. The molecule has 0 amide bonds. The standard InChI is InChI=1S/C13H15NO2/c1-16-13-12-5-4-10(3-2-8-15)9-11(12)6-7-14-13/h4-7,9,15H,2-3,8H2,1H3. The molecular weight excluding hydrogens is 202 g/mol. The molecule has 0 aliphatic carbocycles. The van der Waals surface area contributed by atoms with Gasteiger partial charge >= 0.3 is 0 Å². The molecule has 1 aromatic carbocycles. The van der Waals surface area contributed by atoms with Crippen LogP contribution in [0.25, 0.3) is 10.8 Å². The quantitative estimate of drug-likeness (QED) is 0.853. The van der Waals surface area contributed by atoms with E-state index in [-0.39, 0.29) is 6.61 Å². The molecule has 2 aromatic rings. The maximum Gasteiger partial charge on any atom is 0.221 e. The van der Waals surface area contributed by atoms with Crippen molar-refractivity contribution >= 4 is 10.8 Å². The van der Waals surface area contributed by atoms with Crippen LogP contribution in [0.5, 0.6) is 5.88 Å². The third-order valence-corrected chi connectivity index (χ3v) is 2.61. The fourth-order valence-corrected chi connectivity index (χ4v) is 1.80. The lowest BCUT2D eigenvalue weighted by Gasteiger charge is -2.06. The summed E-state index contributed by atoms with van der Waals surface area (Å²) < 4.78 is 5.20. The fraction of sp³-hybridized carbons (Fsp3) is 0.308. The summed E-state index contributed by atoms with van der Waals surface area (Å²) in [6, 6.07) is 8.17. The zero-order valence-electron chi connectivity index (χ0n) is 9.31. The van der Waals surface area contributed by atoms with Crippen molar-refractivity contribution in [2.75, 3.05) is 13.7 Å². The highest BCUT2D eigenvalue weighted by atomic mass is 16.5. The average Bonchev–Trinajstić information content (AvgIpc) is 2.35. The molecule has 0 aliphatic rings. The predicted octanol–water partition coefficient (Wildman–Crippen LogP) is 2.17. The van der Waals surface area contributed by atoms with Gasteiger partial charge in [0.15, 0.2) is 0 Å². The second-order valence-electron chi connectivity index (χ2n) is 3.70. The fourth-order valence-electron chi connectivity index (χ4n) is 1.80. The number of aromatic nitrogens is 1. The van der Waals surface area contributed by atoms with Gasteiger partial charge in [0, 0.05) is 18.2 Å². The van der Waals surface area contributed by atoms with Crippen LogP contribution in [0.1, 0.15) is 12.0 Å². The van der Waals surface area contributed by atoms with E-state index in [1.54, 1.807) is 13.3 Å². The molecule has 0 atom stereocenters. The zero-order chi connectivity index (χ0) is 11.4. The molecule has 2 rings (SSSR count). The number of aliphatic hydroxyl groups excluding tert-OH is 1. The minimum atomic E-state index is 0.234. The molecule has 3 nitrogen and oxygen atoms in total. The lowest BCUT2D eigenvalue weighted by atomic mass is 10.1. The predicted molar refractivity (Wildman–Crippen MR) is 63.7 cm³/mol. The zero-order valence-corrected chi connectivity index (χ0v) is 9.31. The highest BCUT2D eigenvalue weighted by Gasteiger charge is 2.02. The number of rotatable bonds is 4. The van der Waals surface area contributed by atoms with E-state index in [2.05, 4.69) is 17.1 Å². The van der Waals surface area contributed by atoms with Gasteiger partial charge in [-0.05, 0) is 35.9 Å². The Morgan fingerprint density at radius 3 is 2.94 bits per heavy atom. The van der Waals surface area contributed by atoms with Crippen LogP contribution in [0, 0.1) is 0 Å². The second kappa shape index (κ2) is 4.94. The summed E-state index contributed by atoms with van der Waals surface area (Å²) >= 11 is 0. The van der Waals surface area contributed by atoms with Crippen LogP contribution in [0.2, 0.25) is 0 Å². The summed E-state index contributed by atoms with van der Waals surface area (Å²) in [4.78, 5) is 4.15. The summed E-state index contributed by atoms with van der Waals surface area (Å²) in [6.07, 6.45) is 3.45. The SMILES string of the molecule is COc1nccc2cc(CCCO)ccc12. The molecule has 0 saturated heterocycles. The van der Waals surface area contributed by atoms with E-state index in [4.69, 9.17) is 9.84 Å². The maximum atomic E-state index is 8.79. The first kappa shape index (κ1) is 10.9. The molecule has 84 valence electrons. The van der Waals surface area contributed by atoms with Crippen molar-refractivity contribution in [3.63, 3.8) is 0 Å². The van der Waals surface area contributed by atoms with E-state index in [1.807, 2.05) is 12.1 Å². The van der Waals surface area contributed by atoms with Crippen molar-refractivity contribution in [3.05, 3.63) is 36.0 Å². The molecule has 1 heterocycles. The smallest absolute Gasteiger partial charge is 0.221 e. The molecule has 0 radical (unpaired) electrons. The molecule has 0 saturated carbocycles. The van der Waals surface area contributed by atoms with Crippen LogP contribution < -0.4 is 4.74 Å². The number of methoxy groups -OCH3 is 1. The van der Waals surface area contributed by atoms with Crippen LogP contribution in [-0.2, 0) is 6.42 Å². The Hall–Kier alpha value is -1.61. The Morgan fingerprint density at radius 2 is 2.19 bits per heavy atom. The van der Waals surface area contributed by atoms with Crippen LogP contribution in [-0.4, -0.2) is 23.8 Å². The van der Waals surface area contributed by atoms with Crippen molar-refractivity contribution in [1.82, 2.24) is 4.98 Å². The van der Waals surface area contributed by atoms with E-state index in [1.165, 1.54) is 5.56 Å². The Kier molecular flexibility index (Phi) is 3.37. The van der Waals surface area contributed by atoms with Crippen LogP contribution in [0.4, 0.5) is 0 Å². The van der Waals surface area contributed by atoms with E-state index in [9.17, 15) is 0 Å². The van der Waals surface area contributed by atoms with Gasteiger partial charge in [0.1, 0.15) is 0 Å². The first-order valence-electron chi connectivity index (χ1n) is 5.37. The highest BCUT2D eigenvalue weighted by molar-refractivity contribution is 5.87. The van der Waals surface area contributed by atoms with E-state index in [0.29, 0.717) is 5.88 Å². The number of ether oxygens (including phenoxy) is 1. The Morgan fingerprint density at radius 1 is 1.31 bits per heavy atom. The van der Waals surface area contributed by atoms with Crippen molar-refractivity contribution in [1.29, 1.82) is 0 Å². The van der Waals surface area contributed by atoms with Crippen LogP contribution >= 0.6 is 0 Å². The minimum Gasteiger partial charge on any atom is -0.481 e. The third-order valence-electron chi connectivity index (χ3n) is 2.61. The first-order chi connectivity index (χ1) is 7.85. The summed E-state index contributed by atoms with van der Waals surface area (Å²) in [6.45, 7) is 0.234. The Bertz CT molecular complexity index is 482. The normalized spacial score (nSPS) is 10.6. The second-order valence-corrected chi connectivity index (χ2v) is 3.70. The molecule has 0 aliphatic heterocycles. The number of aryl methyl sites for hydroxylation is 1. The summed E-state index contributed by atoms with van der Waals surface area (Å²) in [7, 11) is 1.63. The highest BCUT2D eigenvalue weighted by Crippen LogP contribution is 2.23. The molecule has 0 fully saturated rings. The summed E-state index contributed by atoms with van der Waals surface area (Å²) in [5.41, 5.74) is 1.23. The van der Waals surface area contributed by atoms with Gasteiger partial charge in [-0.15, -0.1) is 0 Å². The average molecular weight is 217 g/mol. The van der Waals surface area contributed by atoms with Crippen LogP contribution in [0.3, 0.4) is 0 Å². The Balaban J connectivity index is 2.39. The summed E-state index contributed by atoms with van der Waals surface area (Å²) in [5.74, 6) is 0.659. The first-order valence-corrected chi connectivity index (χ1v) is 5.37. The lowest BCUT2D eigenvalue weighted by molar-refractivity contribution is 0.288. The molecule has 3 heteroatoms. The molecule has 1 aromatic heterocycles. The van der Waals surface area contributed by atoms with Gasteiger partial charge in [-0.1, -0.05) is 12.1 Å². The van der Waals surface area contributed by atoms with Crippen molar-refractivity contribution in [3.8, 4) is 5.88 Å². The molecule has 0 bridgehead atoms. The number of hydrogen-bond donors (Lipinski definition) is 1. The number of pyridine rings is 1. The van der Waals surface area contributed by atoms with E-state index < -0.39 is 0 Å². The number of fused-ring (bicyclic) bond motifs is 1. The van der Waals surface area contributed by atoms with Crippen molar-refractivity contribution in [2.45, 2.75) is 12.8 Å². The minimum absolute atomic E-state index is 0.234. The number of hydrogen-bond acceptors (Lipinski definition) is 3. The van der Waals surface area contributed by atoms with Gasteiger partial charge in [0.25, 0.3) is 0 Å². The molecule has 16 heavy (non-hydrogen) atoms. The number of benzene rings is 1. The van der Waals surface area contributed by atoms with Gasteiger partial charge in [-0.25, -0.2) is 4.98 Å². The molecule has 1 N–H and O–H groups in total. The third kappa shape index (κ3) is 2.14. The van der Waals surface area contributed by atoms with Gasteiger partial charge in [0.05, 0.1) is 7.11 Å². The van der Waals surface area contributed by atoms with E-state index in [0.717, 1.165) is 23.6 Å². The van der Waals surface area contributed by atoms with Crippen molar-refractivity contribution < 1.29 is 9.84 Å². The number of nitrogens with zero attached hydrogens (tertiary/aromatic N) is 1.